The number of thiophene rings is 1. The maximum absolute atomic E-state index is 12.3. The standard InChI is InChI=1S/C19H23N5O3S2/c1-13-11-28-19-17(13)18(20-12-21-19)22-15-6-4-5-7-16(15)27-14-8-9-24(10-14)29(25,26)23(2)3/h4-7,11-12,14H,8-10H2,1-3H3,(H,20,21,22). The summed E-state index contributed by atoms with van der Waals surface area (Å²) >= 11 is 1.59. The smallest absolute Gasteiger partial charge is 0.281 e. The molecule has 3 aromatic rings. The highest BCUT2D eigenvalue weighted by Crippen LogP contribution is 2.34. The minimum Gasteiger partial charge on any atom is -0.487 e. The molecule has 1 atom stereocenters. The number of rotatable bonds is 6. The highest BCUT2D eigenvalue weighted by atomic mass is 32.2. The van der Waals surface area contributed by atoms with E-state index in [1.165, 1.54) is 22.7 Å². The topological polar surface area (TPSA) is 87.7 Å². The zero-order chi connectivity index (χ0) is 20.6. The summed E-state index contributed by atoms with van der Waals surface area (Å²) in [6, 6.07) is 7.62. The van der Waals surface area contributed by atoms with Crippen LogP contribution in [0.25, 0.3) is 10.2 Å². The molecule has 1 fully saturated rings. The number of hydrogen-bond donors (Lipinski definition) is 1. The van der Waals surface area contributed by atoms with Crippen LogP contribution in [0.3, 0.4) is 0 Å². The van der Waals surface area contributed by atoms with E-state index in [0.717, 1.165) is 27.3 Å². The Bertz CT molecular complexity index is 1130. The SMILES string of the molecule is Cc1csc2ncnc(Nc3ccccc3OC3CCN(S(=O)(=O)N(C)C)C3)c12. The van der Waals surface area contributed by atoms with E-state index >= 15 is 0 Å². The summed E-state index contributed by atoms with van der Waals surface area (Å²) in [7, 11) is -0.349. The van der Waals surface area contributed by atoms with Crippen LogP contribution >= 0.6 is 11.3 Å². The average molecular weight is 434 g/mol. The van der Waals surface area contributed by atoms with Crippen LogP contribution in [-0.2, 0) is 10.2 Å². The van der Waals surface area contributed by atoms with Gasteiger partial charge in [-0.05, 0) is 36.4 Å². The number of aromatic nitrogens is 2. The molecule has 0 radical (unpaired) electrons. The number of benzene rings is 1. The fourth-order valence-electron chi connectivity index (χ4n) is 3.33. The van der Waals surface area contributed by atoms with Crippen molar-refractivity contribution in [3.8, 4) is 5.75 Å². The second kappa shape index (κ2) is 7.86. The van der Waals surface area contributed by atoms with Gasteiger partial charge in [-0.2, -0.15) is 17.0 Å². The summed E-state index contributed by atoms with van der Waals surface area (Å²) < 4.78 is 33.5. The number of nitrogens with one attached hydrogen (secondary N) is 1. The molecule has 0 saturated carbocycles. The highest BCUT2D eigenvalue weighted by Gasteiger charge is 2.34. The summed E-state index contributed by atoms with van der Waals surface area (Å²) in [5.74, 6) is 1.40. The van der Waals surface area contributed by atoms with Crippen LogP contribution in [0.4, 0.5) is 11.5 Å². The molecule has 0 bridgehead atoms. The molecule has 0 amide bonds. The van der Waals surface area contributed by atoms with Gasteiger partial charge in [-0.15, -0.1) is 11.3 Å². The van der Waals surface area contributed by atoms with Gasteiger partial charge >= 0.3 is 0 Å². The minimum absolute atomic E-state index is 0.207. The van der Waals surface area contributed by atoms with Gasteiger partial charge in [0.15, 0.2) is 0 Å². The zero-order valence-electron chi connectivity index (χ0n) is 16.5. The Morgan fingerprint density at radius 1 is 1.28 bits per heavy atom. The van der Waals surface area contributed by atoms with Crippen molar-refractivity contribution in [1.82, 2.24) is 18.6 Å². The number of aryl methyl sites for hydroxylation is 1. The second-order valence-corrected chi connectivity index (χ2v) is 10.1. The van der Waals surface area contributed by atoms with Crippen molar-refractivity contribution in [3.05, 3.63) is 41.5 Å². The van der Waals surface area contributed by atoms with E-state index in [1.807, 2.05) is 31.2 Å². The van der Waals surface area contributed by atoms with Crippen molar-refractivity contribution in [2.45, 2.75) is 19.4 Å². The minimum atomic E-state index is -3.43. The first-order valence-corrected chi connectivity index (χ1v) is 11.5. The summed E-state index contributed by atoms with van der Waals surface area (Å²) in [5.41, 5.74) is 1.90. The molecule has 4 rings (SSSR count). The van der Waals surface area contributed by atoms with E-state index in [4.69, 9.17) is 4.74 Å². The van der Waals surface area contributed by atoms with Gasteiger partial charge in [-0.25, -0.2) is 9.97 Å². The molecule has 2 aromatic heterocycles. The number of hydrogen-bond acceptors (Lipinski definition) is 7. The Balaban J connectivity index is 1.55. The molecule has 3 heterocycles. The Kier molecular flexibility index (Phi) is 5.43. The number of ether oxygens (including phenoxy) is 1. The van der Waals surface area contributed by atoms with Gasteiger partial charge in [0, 0.05) is 20.6 Å². The lowest BCUT2D eigenvalue weighted by atomic mass is 10.2. The molecule has 1 aliphatic rings. The van der Waals surface area contributed by atoms with Crippen molar-refractivity contribution < 1.29 is 13.2 Å². The molecule has 10 heteroatoms. The van der Waals surface area contributed by atoms with Gasteiger partial charge in [-0.1, -0.05) is 12.1 Å². The predicted molar refractivity (Wildman–Crippen MR) is 115 cm³/mol. The molecule has 154 valence electrons. The summed E-state index contributed by atoms with van der Waals surface area (Å²) in [4.78, 5) is 9.66. The molecule has 0 aliphatic carbocycles. The van der Waals surface area contributed by atoms with Crippen molar-refractivity contribution in [1.29, 1.82) is 0 Å². The number of anilines is 2. The molecule has 1 aromatic carbocycles. The first-order chi connectivity index (χ1) is 13.9. The Hall–Kier alpha value is -2.27. The van der Waals surface area contributed by atoms with Crippen LogP contribution in [0.2, 0.25) is 0 Å². The van der Waals surface area contributed by atoms with Gasteiger partial charge in [0.25, 0.3) is 10.2 Å². The molecule has 29 heavy (non-hydrogen) atoms. The monoisotopic (exact) mass is 433 g/mol. The lowest BCUT2D eigenvalue weighted by Crippen LogP contribution is -2.39. The molecular weight excluding hydrogens is 410 g/mol. The van der Waals surface area contributed by atoms with Crippen LogP contribution in [0.15, 0.2) is 36.0 Å². The molecule has 1 aliphatic heterocycles. The molecule has 8 nitrogen and oxygen atoms in total. The van der Waals surface area contributed by atoms with Crippen LogP contribution in [0, 0.1) is 6.92 Å². The lowest BCUT2D eigenvalue weighted by Gasteiger charge is -2.21. The Morgan fingerprint density at radius 3 is 2.86 bits per heavy atom. The van der Waals surface area contributed by atoms with E-state index in [2.05, 4.69) is 20.7 Å². The van der Waals surface area contributed by atoms with E-state index in [-0.39, 0.29) is 6.10 Å². The van der Waals surface area contributed by atoms with Crippen LogP contribution in [0.5, 0.6) is 5.75 Å². The number of nitrogens with zero attached hydrogens (tertiary/aromatic N) is 4. The van der Waals surface area contributed by atoms with Gasteiger partial charge in [-0.3, -0.25) is 0 Å². The van der Waals surface area contributed by atoms with Crippen LogP contribution < -0.4 is 10.1 Å². The van der Waals surface area contributed by atoms with Gasteiger partial charge in [0.2, 0.25) is 0 Å². The first kappa shape index (κ1) is 20.0. The van der Waals surface area contributed by atoms with Gasteiger partial charge in [0.05, 0.1) is 17.6 Å². The fraction of sp³-hybridized carbons (Fsp3) is 0.368. The quantitative estimate of drug-likeness (QED) is 0.643. The van der Waals surface area contributed by atoms with Crippen molar-refractivity contribution in [2.75, 3.05) is 32.5 Å². The first-order valence-electron chi connectivity index (χ1n) is 9.25. The summed E-state index contributed by atoms with van der Waals surface area (Å²) in [6.07, 6.45) is 1.98. The fourth-order valence-corrected chi connectivity index (χ4v) is 5.37. The van der Waals surface area contributed by atoms with Crippen molar-refractivity contribution in [2.24, 2.45) is 0 Å². The highest BCUT2D eigenvalue weighted by molar-refractivity contribution is 7.86. The molecule has 1 saturated heterocycles. The Labute approximate surface area is 174 Å². The van der Waals surface area contributed by atoms with Crippen LogP contribution in [-0.4, -0.2) is 60.3 Å². The van der Waals surface area contributed by atoms with Crippen molar-refractivity contribution in [3.63, 3.8) is 0 Å². The zero-order valence-corrected chi connectivity index (χ0v) is 18.1. The molecular formula is C19H23N5O3S2. The Morgan fingerprint density at radius 2 is 2.07 bits per heavy atom. The van der Waals surface area contributed by atoms with E-state index in [0.29, 0.717) is 25.3 Å². The normalized spacial score (nSPS) is 17.9. The van der Waals surface area contributed by atoms with Gasteiger partial charge < -0.3 is 10.1 Å². The third-order valence-electron chi connectivity index (χ3n) is 4.88. The third-order valence-corrected chi connectivity index (χ3v) is 7.79. The average Bonchev–Trinajstić information content (AvgIpc) is 3.31. The largest absolute Gasteiger partial charge is 0.487 e. The lowest BCUT2D eigenvalue weighted by molar-refractivity contribution is 0.216. The summed E-state index contributed by atoms with van der Waals surface area (Å²) in [6.45, 7) is 2.81. The maximum atomic E-state index is 12.3. The van der Waals surface area contributed by atoms with Gasteiger partial charge in [0.1, 0.15) is 28.8 Å². The van der Waals surface area contributed by atoms with E-state index in [9.17, 15) is 8.42 Å². The molecule has 0 spiro atoms. The third kappa shape index (κ3) is 3.93. The van der Waals surface area contributed by atoms with Crippen LogP contribution in [0.1, 0.15) is 12.0 Å². The summed E-state index contributed by atoms with van der Waals surface area (Å²) in [5, 5.41) is 6.42. The number of para-hydroxylation sites is 2. The van der Waals surface area contributed by atoms with Crippen molar-refractivity contribution >= 4 is 43.3 Å². The molecule has 1 N–H and O–H groups in total. The number of fused-ring (bicyclic) bond motifs is 1. The predicted octanol–water partition coefficient (Wildman–Crippen LogP) is 3.00. The maximum Gasteiger partial charge on any atom is 0.281 e. The van der Waals surface area contributed by atoms with E-state index in [1.54, 1.807) is 17.7 Å². The van der Waals surface area contributed by atoms with E-state index < -0.39 is 10.2 Å². The second-order valence-electron chi connectivity index (χ2n) is 7.12. The molecule has 1 unspecified atom stereocenters.